The molecule has 6 rings (SSSR count). The second-order valence-electron chi connectivity index (χ2n) is 16.9. The van der Waals surface area contributed by atoms with Gasteiger partial charge in [-0.25, -0.2) is 0 Å². The normalized spacial score (nSPS) is 12.6. The number of halogens is 1. The highest BCUT2D eigenvalue weighted by atomic mass is 35.6. The average molecular weight is 691 g/mol. The summed E-state index contributed by atoms with van der Waals surface area (Å²) in [6, 6.07) is 53.8. The Bertz CT molecular complexity index is 1850. The maximum absolute atomic E-state index is 8.70. The molecule has 0 amide bonds. The van der Waals surface area contributed by atoms with E-state index in [1.807, 2.05) is 0 Å². The zero-order chi connectivity index (χ0) is 35.9. The Morgan fingerprint density at radius 1 is 0.320 bits per heavy atom. The van der Waals surface area contributed by atoms with Crippen LogP contribution in [0.15, 0.2) is 146 Å². The van der Waals surface area contributed by atoms with Gasteiger partial charge < -0.3 is 0 Å². The quantitative estimate of drug-likeness (QED) is 0.0927. The highest BCUT2D eigenvalue weighted by Crippen LogP contribution is 2.34. The largest absolute Gasteiger partial charge is 0.248 e. The Kier molecular flexibility index (Phi) is 9.63. The average Bonchev–Trinajstić information content (AvgIpc) is 3.10. The molecule has 2 heteroatoms. The molecule has 50 heavy (non-hydrogen) atoms. The van der Waals surface area contributed by atoms with Crippen LogP contribution in [0, 0.1) is 0 Å². The van der Waals surface area contributed by atoms with Crippen LogP contribution in [0.4, 0.5) is 0 Å². The first kappa shape index (κ1) is 35.6. The summed E-state index contributed by atoms with van der Waals surface area (Å²) in [7, 11) is -3.23. The Balaban J connectivity index is 1.76. The summed E-state index contributed by atoms with van der Waals surface area (Å²) in [5, 5.41) is 3.63. The van der Waals surface area contributed by atoms with Crippen LogP contribution in [0.2, 0.25) is 0 Å². The van der Waals surface area contributed by atoms with Gasteiger partial charge in [-0.1, -0.05) is 208 Å². The molecule has 0 heterocycles. The molecule has 0 aliphatic heterocycles. The first-order chi connectivity index (χ1) is 23.5. The molecule has 0 aliphatic rings. The number of hydrogen-bond acceptors (Lipinski definition) is 0. The molecule has 0 radical (unpaired) electrons. The van der Waals surface area contributed by atoms with Crippen molar-refractivity contribution in [2.75, 3.05) is 0 Å². The summed E-state index contributed by atoms with van der Waals surface area (Å²) < 4.78 is 0. The fraction of sp³-hybridized carbons (Fsp3) is 0.250. The van der Waals surface area contributed by atoms with Crippen LogP contribution in [0.5, 0.6) is 0 Å². The SMILES string of the molecule is CC(C)(C)c1cc(-c2ccccc2)cc([Si](Cl)(c2cc(-c3ccccc3)cc(C(C)(C)C)c2)c2cc(-c3ccccc3)cc(C(C)(C)C)c2)c1. The second-order valence-corrected chi connectivity index (χ2v) is 21.7. The molecular weight excluding hydrogens is 640 g/mol. The summed E-state index contributed by atoms with van der Waals surface area (Å²) in [5.41, 5.74) is 10.9. The van der Waals surface area contributed by atoms with E-state index in [2.05, 4.69) is 208 Å². The molecule has 6 aromatic rings. The van der Waals surface area contributed by atoms with Crippen LogP contribution in [-0.2, 0) is 16.2 Å². The van der Waals surface area contributed by atoms with Gasteiger partial charge in [-0.3, -0.25) is 0 Å². The van der Waals surface area contributed by atoms with Gasteiger partial charge in [-0.2, -0.15) is 0 Å². The third-order valence-corrected chi connectivity index (χ3v) is 15.1. The van der Waals surface area contributed by atoms with E-state index < -0.39 is 7.38 Å². The van der Waals surface area contributed by atoms with Crippen molar-refractivity contribution < 1.29 is 0 Å². The van der Waals surface area contributed by atoms with Crippen molar-refractivity contribution in [1.82, 2.24) is 0 Å². The zero-order valence-corrected chi connectivity index (χ0v) is 33.0. The van der Waals surface area contributed by atoms with Crippen LogP contribution in [0.25, 0.3) is 33.4 Å². The van der Waals surface area contributed by atoms with Gasteiger partial charge in [0.25, 0.3) is 0 Å². The minimum Gasteiger partial charge on any atom is -0.149 e. The van der Waals surface area contributed by atoms with Crippen molar-refractivity contribution in [3.63, 3.8) is 0 Å². The predicted molar refractivity (Wildman–Crippen MR) is 222 cm³/mol. The van der Waals surface area contributed by atoms with Crippen molar-refractivity contribution in [3.05, 3.63) is 162 Å². The predicted octanol–water partition coefficient (Wildman–Crippen LogP) is 11.8. The zero-order valence-electron chi connectivity index (χ0n) is 31.2. The Labute approximate surface area is 306 Å². The summed E-state index contributed by atoms with van der Waals surface area (Å²) >= 11 is 8.70. The monoisotopic (exact) mass is 690 g/mol. The molecule has 0 bridgehead atoms. The lowest BCUT2D eigenvalue weighted by molar-refractivity contribution is 0.591. The van der Waals surface area contributed by atoms with Crippen LogP contribution in [0.1, 0.15) is 79.0 Å². The first-order valence-electron chi connectivity index (χ1n) is 17.9. The first-order valence-corrected chi connectivity index (χ1v) is 20.9. The smallest absolute Gasteiger partial charge is 0.149 e. The summed E-state index contributed by atoms with van der Waals surface area (Å²) in [4.78, 5) is 0. The molecule has 0 nitrogen and oxygen atoms in total. The van der Waals surface area contributed by atoms with Gasteiger partial charge in [0.05, 0.1) is 0 Å². The summed E-state index contributed by atoms with van der Waals surface area (Å²) in [5.74, 6) is 0. The van der Waals surface area contributed by atoms with E-state index >= 15 is 0 Å². The third-order valence-electron chi connectivity index (χ3n) is 9.91. The van der Waals surface area contributed by atoms with Gasteiger partial charge in [0.15, 0.2) is 0 Å². The number of benzene rings is 6. The Morgan fingerprint density at radius 2 is 0.560 bits per heavy atom. The Morgan fingerprint density at radius 3 is 0.780 bits per heavy atom. The van der Waals surface area contributed by atoms with Crippen LogP contribution >= 0.6 is 11.1 Å². The van der Waals surface area contributed by atoms with E-state index in [-0.39, 0.29) is 16.2 Å². The lowest BCUT2D eigenvalue weighted by atomic mass is 9.85. The maximum Gasteiger partial charge on any atom is 0.248 e. The minimum atomic E-state index is -3.23. The molecular formula is C48H51ClSi. The van der Waals surface area contributed by atoms with Crippen LogP contribution in [0.3, 0.4) is 0 Å². The molecule has 0 N–H and O–H groups in total. The highest BCUT2D eigenvalue weighted by molar-refractivity contribution is 7.40. The lowest BCUT2D eigenvalue weighted by Gasteiger charge is -2.33. The summed E-state index contributed by atoms with van der Waals surface area (Å²) in [6.45, 7) is 20.7. The van der Waals surface area contributed by atoms with Crippen molar-refractivity contribution in [2.24, 2.45) is 0 Å². The second kappa shape index (κ2) is 13.5. The standard InChI is InChI=1S/C48H51ClSi/c1-46(2,3)40-25-37(34-19-13-10-14-20-34)28-43(31-40)50(49,44-29-38(35-21-15-11-16-22-35)26-41(32-44)47(4,5)6)45-30-39(36-23-17-12-18-24-36)27-42(33-45)48(7,8)9/h10-33H,1-9H3. The van der Waals surface area contributed by atoms with Gasteiger partial charge in [-0.05, 0) is 81.9 Å². The lowest BCUT2D eigenvalue weighted by Crippen LogP contribution is -2.63. The van der Waals surface area contributed by atoms with E-state index in [1.54, 1.807) is 0 Å². The maximum atomic E-state index is 8.70. The van der Waals surface area contributed by atoms with Gasteiger partial charge in [-0.15, -0.1) is 11.1 Å². The van der Waals surface area contributed by atoms with Crippen molar-refractivity contribution in [2.45, 2.75) is 78.6 Å². The van der Waals surface area contributed by atoms with Gasteiger partial charge in [0, 0.05) is 0 Å². The fourth-order valence-electron chi connectivity index (χ4n) is 6.67. The molecule has 0 aliphatic carbocycles. The molecule has 0 saturated carbocycles. The molecule has 6 aromatic carbocycles. The fourth-order valence-corrected chi connectivity index (χ4v) is 10.8. The minimum absolute atomic E-state index is 0.0728. The van der Waals surface area contributed by atoms with Crippen LogP contribution < -0.4 is 15.6 Å². The van der Waals surface area contributed by atoms with E-state index in [1.165, 1.54) is 65.6 Å². The van der Waals surface area contributed by atoms with E-state index in [4.69, 9.17) is 11.1 Å². The number of hydrogen-bond donors (Lipinski definition) is 0. The highest BCUT2D eigenvalue weighted by Gasteiger charge is 2.41. The summed E-state index contributed by atoms with van der Waals surface area (Å²) in [6.07, 6.45) is 0. The number of rotatable bonds is 6. The Hall–Kier alpha value is -4.17. The van der Waals surface area contributed by atoms with Crippen molar-refractivity contribution >= 4 is 34.0 Å². The van der Waals surface area contributed by atoms with E-state index in [0.29, 0.717) is 0 Å². The third kappa shape index (κ3) is 7.46. The van der Waals surface area contributed by atoms with Crippen molar-refractivity contribution in [1.29, 1.82) is 0 Å². The van der Waals surface area contributed by atoms with Gasteiger partial charge >= 0.3 is 0 Å². The molecule has 254 valence electrons. The topological polar surface area (TPSA) is 0 Å². The van der Waals surface area contributed by atoms with E-state index in [9.17, 15) is 0 Å². The molecule has 0 fully saturated rings. The van der Waals surface area contributed by atoms with Crippen molar-refractivity contribution in [3.8, 4) is 33.4 Å². The van der Waals surface area contributed by atoms with Gasteiger partial charge in [0.2, 0.25) is 7.38 Å². The molecule has 0 aromatic heterocycles. The van der Waals surface area contributed by atoms with Gasteiger partial charge in [0.1, 0.15) is 0 Å². The molecule has 0 saturated heterocycles. The van der Waals surface area contributed by atoms with Crippen LogP contribution in [-0.4, -0.2) is 7.38 Å². The molecule has 0 spiro atoms. The molecule has 0 unspecified atom stereocenters. The molecule has 0 atom stereocenters. The van der Waals surface area contributed by atoms with E-state index in [0.717, 1.165) is 0 Å².